The van der Waals surface area contributed by atoms with Gasteiger partial charge in [0.25, 0.3) is 0 Å². The lowest BCUT2D eigenvalue weighted by atomic mass is 9.99. The van der Waals surface area contributed by atoms with Crippen molar-refractivity contribution in [1.29, 1.82) is 0 Å². The van der Waals surface area contributed by atoms with Gasteiger partial charge in [0.15, 0.2) is 6.29 Å². The molecule has 11 heteroatoms. The lowest BCUT2D eigenvalue weighted by Crippen LogP contribution is -2.60. The van der Waals surface area contributed by atoms with Crippen LogP contribution in [0.2, 0.25) is 0 Å². The number of ether oxygens (including phenoxy) is 3. The molecule has 0 saturated carbocycles. The van der Waals surface area contributed by atoms with Crippen molar-refractivity contribution in [2.24, 2.45) is 0 Å². The van der Waals surface area contributed by atoms with Gasteiger partial charge in [-0.15, -0.1) is 0 Å². The van der Waals surface area contributed by atoms with Crippen LogP contribution in [0.1, 0.15) is 303 Å². The first kappa shape index (κ1) is 68.4. The molecule has 0 aromatic heterocycles. The molecule has 0 aromatic carbocycles. The number of aliphatic hydroxyl groups excluding tert-OH is 5. The monoisotopic (exact) mass is 1020 g/mol. The Bertz CT molecular complexity index is 1200. The van der Waals surface area contributed by atoms with Crippen molar-refractivity contribution in [2.45, 2.75) is 346 Å². The van der Waals surface area contributed by atoms with Gasteiger partial charge in [0.1, 0.15) is 24.4 Å². The van der Waals surface area contributed by atoms with Crippen LogP contribution in [0.4, 0.5) is 0 Å². The maximum absolute atomic E-state index is 13.0. The highest BCUT2D eigenvalue weighted by Gasteiger charge is 2.44. The summed E-state index contributed by atoms with van der Waals surface area (Å²) in [4.78, 5) is 25.0. The second kappa shape index (κ2) is 51.5. The van der Waals surface area contributed by atoms with Crippen LogP contribution in [0.3, 0.4) is 0 Å². The average Bonchev–Trinajstić information content (AvgIpc) is 3.38. The molecular weight excluding hydrogens is 907 g/mol. The molecule has 7 atom stereocenters. The van der Waals surface area contributed by atoms with Crippen LogP contribution in [0.5, 0.6) is 0 Å². The third-order valence-electron chi connectivity index (χ3n) is 14.9. The van der Waals surface area contributed by atoms with Gasteiger partial charge >= 0.3 is 5.97 Å². The van der Waals surface area contributed by atoms with Crippen LogP contribution >= 0.6 is 0 Å². The molecule has 7 unspecified atom stereocenters. The van der Waals surface area contributed by atoms with Gasteiger partial charge in [-0.25, -0.2) is 0 Å². The van der Waals surface area contributed by atoms with E-state index < -0.39 is 49.5 Å². The van der Waals surface area contributed by atoms with E-state index in [1.54, 1.807) is 6.08 Å². The number of allylic oxidation sites excluding steroid dienone is 1. The number of esters is 1. The Kier molecular flexibility index (Phi) is 48.9. The highest BCUT2D eigenvalue weighted by atomic mass is 16.7. The first-order valence-corrected chi connectivity index (χ1v) is 31.0. The first-order valence-electron chi connectivity index (χ1n) is 31.0. The van der Waals surface area contributed by atoms with Gasteiger partial charge in [0.2, 0.25) is 5.91 Å². The number of nitrogens with one attached hydrogen (secondary N) is 1. The number of hydrogen-bond acceptors (Lipinski definition) is 10. The van der Waals surface area contributed by atoms with E-state index in [0.717, 1.165) is 57.8 Å². The Morgan fingerprint density at radius 3 is 1.29 bits per heavy atom. The lowest BCUT2D eigenvalue weighted by Gasteiger charge is -2.40. The molecule has 426 valence electrons. The maximum Gasteiger partial charge on any atom is 0.305 e. The van der Waals surface area contributed by atoms with Crippen molar-refractivity contribution in [2.75, 3.05) is 19.8 Å². The molecule has 1 heterocycles. The quantitative estimate of drug-likeness (QED) is 0.0195. The Hall–Kier alpha value is -1.60. The summed E-state index contributed by atoms with van der Waals surface area (Å²) in [5.41, 5.74) is 0. The van der Waals surface area contributed by atoms with Gasteiger partial charge in [-0.2, -0.15) is 0 Å². The highest BCUT2D eigenvalue weighted by Crippen LogP contribution is 2.23. The minimum atomic E-state index is -1.57. The number of rotatable bonds is 54. The minimum Gasteiger partial charge on any atom is -0.466 e. The molecule has 0 aliphatic carbocycles. The Labute approximate surface area is 442 Å². The van der Waals surface area contributed by atoms with Crippen LogP contribution in [0, 0.1) is 0 Å². The first-order chi connectivity index (χ1) is 35.2. The van der Waals surface area contributed by atoms with E-state index in [9.17, 15) is 35.1 Å². The molecule has 1 amide bonds. The predicted octanol–water partition coefficient (Wildman–Crippen LogP) is 14.3. The molecule has 0 bridgehead atoms. The zero-order valence-corrected chi connectivity index (χ0v) is 46.9. The SMILES string of the molecule is CCCCCCCCC/C=C/C(O)C(COC1OC(CO)C(O)C(O)C1O)NC(=O)CCCCCCCCCCCCCCCCCCCCCCCCOC(=O)CCCCCCCCCCCCCCC. The second-order valence-electron chi connectivity index (χ2n) is 21.8. The molecule has 1 saturated heterocycles. The van der Waals surface area contributed by atoms with Crippen LogP contribution in [0.15, 0.2) is 12.2 Å². The second-order valence-corrected chi connectivity index (χ2v) is 21.8. The standard InChI is InChI=1S/C61H117NO10/c1-3-5-7-9-11-13-14-25-29-33-37-41-45-49-57(66)70-50-46-42-38-34-30-27-24-22-20-18-16-15-17-19-21-23-26-28-32-36-40-44-48-56(65)62-53(54(64)47-43-39-35-31-12-10-8-6-4-2)52-71-61-60(69)59(68)58(67)55(51-63)72-61/h43,47,53-55,58-61,63-64,67-69H,3-42,44-46,48-52H2,1-2H3,(H,62,65)/b47-43+. The number of unbranched alkanes of at least 4 members (excludes halogenated alkanes) is 40. The number of aliphatic hydroxyl groups is 5. The van der Waals surface area contributed by atoms with E-state index >= 15 is 0 Å². The molecule has 1 rings (SSSR count). The number of carbonyl (C=O) groups is 2. The van der Waals surface area contributed by atoms with Crippen molar-refractivity contribution in [3.63, 3.8) is 0 Å². The Balaban J connectivity index is 1.98. The van der Waals surface area contributed by atoms with Gasteiger partial charge in [0.05, 0.1) is 32.0 Å². The molecule has 11 nitrogen and oxygen atoms in total. The molecular formula is C61H117NO10. The topological polar surface area (TPSA) is 175 Å². The Morgan fingerprint density at radius 2 is 0.875 bits per heavy atom. The summed E-state index contributed by atoms with van der Waals surface area (Å²) in [6.45, 7) is 4.33. The summed E-state index contributed by atoms with van der Waals surface area (Å²) >= 11 is 0. The van der Waals surface area contributed by atoms with Crippen LogP contribution in [-0.4, -0.2) is 100 Å². The van der Waals surface area contributed by atoms with Gasteiger partial charge in [-0.1, -0.05) is 270 Å². The average molecular weight is 1020 g/mol. The summed E-state index contributed by atoms with van der Waals surface area (Å²) in [6.07, 6.45) is 50.4. The van der Waals surface area contributed by atoms with E-state index in [2.05, 4.69) is 19.2 Å². The molecule has 72 heavy (non-hydrogen) atoms. The third-order valence-corrected chi connectivity index (χ3v) is 14.9. The van der Waals surface area contributed by atoms with Crippen molar-refractivity contribution in [3.05, 3.63) is 12.2 Å². The largest absolute Gasteiger partial charge is 0.466 e. The fraction of sp³-hybridized carbons (Fsp3) is 0.934. The van der Waals surface area contributed by atoms with Crippen molar-refractivity contribution in [3.8, 4) is 0 Å². The van der Waals surface area contributed by atoms with Gasteiger partial charge < -0.3 is 45.1 Å². The molecule has 1 aliphatic heterocycles. The third kappa shape index (κ3) is 40.7. The number of carbonyl (C=O) groups excluding carboxylic acids is 2. The van der Waals surface area contributed by atoms with Crippen LogP contribution < -0.4 is 5.32 Å². The predicted molar refractivity (Wildman–Crippen MR) is 297 cm³/mol. The van der Waals surface area contributed by atoms with Gasteiger partial charge in [-0.3, -0.25) is 9.59 Å². The smallest absolute Gasteiger partial charge is 0.305 e. The molecule has 0 radical (unpaired) electrons. The van der Waals surface area contributed by atoms with Gasteiger partial charge in [-0.05, 0) is 32.1 Å². The summed E-state index contributed by atoms with van der Waals surface area (Å²) in [5.74, 6) is -0.180. The van der Waals surface area contributed by atoms with Gasteiger partial charge in [0, 0.05) is 12.8 Å². The molecule has 0 spiro atoms. The number of hydrogen-bond donors (Lipinski definition) is 6. The fourth-order valence-electron chi connectivity index (χ4n) is 9.97. The van der Waals surface area contributed by atoms with E-state index in [4.69, 9.17) is 14.2 Å². The fourth-order valence-corrected chi connectivity index (χ4v) is 9.97. The summed E-state index contributed by atoms with van der Waals surface area (Å²) < 4.78 is 16.7. The van der Waals surface area contributed by atoms with E-state index in [1.807, 2.05) is 6.08 Å². The molecule has 0 aromatic rings. The van der Waals surface area contributed by atoms with Crippen molar-refractivity contribution >= 4 is 11.9 Å². The number of amides is 1. The van der Waals surface area contributed by atoms with E-state index in [0.29, 0.717) is 19.4 Å². The summed E-state index contributed by atoms with van der Waals surface area (Å²) in [6, 6.07) is -0.807. The molecule has 1 fully saturated rings. The summed E-state index contributed by atoms with van der Waals surface area (Å²) in [7, 11) is 0. The zero-order valence-electron chi connectivity index (χ0n) is 46.9. The van der Waals surface area contributed by atoms with E-state index in [1.165, 1.54) is 218 Å². The summed E-state index contributed by atoms with van der Waals surface area (Å²) in [5, 5.41) is 54.2. The van der Waals surface area contributed by atoms with Crippen LogP contribution in [0.25, 0.3) is 0 Å². The molecule has 6 N–H and O–H groups in total. The normalized spacial score (nSPS) is 19.0. The molecule has 1 aliphatic rings. The van der Waals surface area contributed by atoms with Crippen molar-refractivity contribution in [1.82, 2.24) is 5.32 Å². The van der Waals surface area contributed by atoms with Crippen molar-refractivity contribution < 1.29 is 49.3 Å². The lowest BCUT2D eigenvalue weighted by molar-refractivity contribution is -0.302. The highest BCUT2D eigenvalue weighted by molar-refractivity contribution is 5.76. The zero-order chi connectivity index (χ0) is 52.4. The van der Waals surface area contributed by atoms with Crippen LogP contribution in [-0.2, 0) is 23.8 Å². The Morgan fingerprint density at radius 1 is 0.500 bits per heavy atom. The maximum atomic E-state index is 13.0. The van der Waals surface area contributed by atoms with E-state index in [-0.39, 0.29) is 18.5 Å². The minimum absolute atomic E-state index is 0.00274.